The van der Waals surface area contributed by atoms with Gasteiger partial charge in [-0.25, -0.2) is 0 Å². The Hall–Kier alpha value is -2.70. The summed E-state index contributed by atoms with van der Waals surface area (Å²) in [5.74, 6) is 0.647. The molecule has 0 aromatic heterocycles. The molecule has 0 spiro atoms. The van der Waals surface area contributed by atoms with Crippen LogP contribution in [-0.2, 0) is 17.8 Å². The van der Waals surface area contributed by atoms with E-state index in [1.807, 2.05) is 6.07 Å². The molecule has 2 rings (SSSR count). The molecule has 1 N–H and O–H groups in total. The number of rotatable bonds is 7. The molecule has 25 heavy (non-hydrogen) atoms. The number of hydrogen-bond donors (Lipinski definition) is 1. The van der Waals surface area contributed by atoms with E-state index in [-0.39, 0.29) is 24.6 Å². The van der Waals surface area contributed by atoms with E-state index in [4.69, 9.17) is 4.74 Å². The maximum atomic E-state index is 12.1. The van der Waals surface area contributed by atoms with Crippen molar-refractivity contribution in [1.29, 1.82) is 0 Å². The summed E-state index contributed by atoms with van der Waals surface area (Å²) < 4.78 is 46.0. The first-order chi connectivity index (χ1) is 11.9. The van der Waals surface area contributed by atoms with E-state index in [0.29, 0.717) is 5.75 Å². The second kappa shape index (κ2) is 8.41. The normalized spacial score (nSPS) is 11.0. The Balaban J connectivity index is 1.81. The van der Waals surface area contributed by atoms with E-state index in [9.17, 15) is 18.0 Å². The minimum absolute atomic E-state index is 0.129. The summed E-state index contributed by atoms with van der Waals surface area (Å²) in [5, 5.41) is 2.76. The number of benzene rings is 2. The van der Waals surface area contributed by atoms with E-state index in [1.54, 1.807) is 37.4 Å². The van der Waals surface area contributed by atoms with Crippen molar-refractivity contribution in [2.75, 3.05) is 13.7 Å². The van der Waals surface area contributed by atoms with E-state index < -0.39 is 12.8 Å². The van der Waals surface area contributed by atoms with Crippen LogP contribution in [0.2, 0.25) is 0 Å². The molecule has 0 aliphatic heterocycles. The number of ether oxygens (including phenoxy) is 2. The number of nitrogens with one attached hydrogen (secondary N) is 1. The third-order valence-corrected chi connectivity index (χ3v) is 3.31. The number of amides is 1. The number of hydrogen-bond acceptors (Lipinski definition) is 3. The molecule has 0 atom stereocenters. The average Bonchev–Trinajstić information content (AvgIpc) is 2.58. The van der Waals surface area contributed by atoms with Crippen LogP contribution in [0.3, 0.4) is 0 Å². The van der Waals surface area contributed by atoms with Gasteiger partial charge in [-0.15, -0.1) is 0 Å². The molecule has 4 nitrogen and oxygen atoms in total. The van der Waals surface area contributed by atoms with E-state index in [1.165, 1.54) is 12.1 Å². The van der Waals surface area contributed by atoms with Crippen LogP contribution < -0.4 is 14.8 Å². The largest absolute Gasteiger partial charge is 0.497 e. The number of alkyl halides is 3. The SMILES string of the molecule is COc1cccc(CC(=O)NCc2ccc(OCC(F)(F)F)cc2)c1. The highest BCUT2D eigenvalue weighted by Crippen LogP contribution is 2.19. The lowest BCUT2D eigenvalue weighted by molar-refractivity contribution is -0.153. The van der Waals surface area contributed by atoms with Gasteiger partial charge >= 0.3 is 6.18 Å². The quantitative estimate of drug-likeness (QED) is 0.829. The molecule has 134 valence electrons. The Kier molecular flexibility index (Phi) is 6.27. The molecule has 0 aliphatic carbocycles. The molecule has 0 radical (unpaired) electrons. The number of carbonyl (C=O) groups is 1. The van der Waals surface area contributed by atoms with Gasteiger partial charge in [0.25, 0.3) is 0 Å². The number of halogens is 3. The maximum Gasteiger partial charge on any atom is 0.422 e. The molecule has 7 heteroatoms. The van der Waals surface area contributed by atoms with Gasteiger partial charge in [0.2, 0.25) is 5.91 Å². The summed E-state index contributed by atoms with van der Waals surface area (Å²) in [4.78, 5) is 12.0. The summed E-state index contributed by atoms with van der Waals surface area (Å²) in [5.41, 5.74) is 1.59. The third-order valence-electron chi connectivity index (χ3n) is 3.31. The lowest BCUT2D eigenvalue weighted by Crippen LogP contribution is -2.24. The Morgan fingerprint density at radius 2 is 1.76 bits per heavy atom. The van der Waals surface area contributed by atoms with Crippen molar-refractivity contribution in [1.82, 2.24) is 5.32 Å². The standard InChI is InChI=1S/C18H18F3NO3/c1-24-16-4-2-3-14(9-16)10-17(23)22-11-13-5-7-15(8-6-13)25-12-18(19,20)21/h2-9H,10-12H2,1H3,(H,22,23). The van der Waals surface area contributed by atoms with Crippen molar-refractivity contribution >= 4 is 5.91 Å². The predicted octanol–water partition coefficient (Wildman–Crippen LogP) is 3.50. The van der Waals surface area contributed by atoms with Crippen LogP contribution in [0.15, 0.2) is 48.5 Å². The molecule has 0 saturated carbocycles. The molecule has 2 aromatic rings. The fourth-order valence-electron chi connectivity index (χ4n) is 2.10. The monoisotopic (exact) mass is 353 g/mol. The highest BCUT2D eigenvalue weighted by Gasteiger charge is 2.28. The van der Waals surface area contributed by atoms with Crippen molar-refractivity contribution in [3.63, 3.8) is 0 Å². The second-order valence-corrected chi connectivity index (χ2v) is 5.35. The van der Waals surface area contributed by atoms with E-state index in [2.05, 4.69) is 10.1 Å². The topological polar surface area (TPSA) is 47.6 Å². The van der Waals surface area contributed by atoms with Crippen LogP contribution >= 0.6 is 0 Å². The van der Waals surface area contributed by atoms with Crippen LogP contribution in [0.25, 0.3) is 0 Å². The molecule has 0 fully saturated rings. The van der Waals surface area contributed by atoms with Gasteiger partial charge in [-0.2, -0.15) is 13.2 Å². The first kappa shape index (κ1) is 18.6. The Bertz CT molecular complexity index is 699. The zero-order valence-corrected chi connectivity index (χ0v) is 13.6. The zero-order valence-electron chi connectivity index (χ0n) is 13.6. The molecule has 0 saturated heterocycles. The highest BCUT2D eigenvalue weighted by atomic mass is 19.4. The lowest BCUT2D eigenvalue weighted by Gasteiger charge is -2.10. The van der Waals surface area contributed by atoms with Crippen molar-refractivity contribution in [2.45, 2.75) is 19.1 Å². The Morgan fingerprint density at radius 3 is 2.40 bits per heavy atom. The third kappa shape index (κ3) is 6.74. The summed E-state index contributed by atoms with van der Waals surface area (Å²) in [6, 6.07) is 13.3. The van der Waals surface area contributed by atoms with Gasteiger partial charge in [0.1, 0.15) is 11.5 Å². The molecular formula is C18H18F3NO3. The summed E-state index contributed by atoms with van der Waals surface area (Å²) in [6.07, 6.45) is -4.16. The van der Waals surface area contributed by atoms with Gasteiger partial charge in [-0.1, -0.05) is 24.3 Å². The molecule has 0 heterocycles. The molecule has 2 aromatic carbocycles. The van der Waals surface area contributed by atoms with Gasteiger partial charge in [-0.3, -0.25) is 4.79 Å². The fraction of sp³-hybridized carbons (Fsp3) is 0.278. The molecular weight excluding hydrogens is 335 g/mol. The fourth-order valence-corrected chi connectivity index (χ4v) is 2.10. The Labute approximate surface area is 143 Å². The summed E-state index contributed by atoms with van der Waals surface area (Å²) in [7, 11) is 1.56. The van der Waals surface area contributed by atoms with E-state index >= 15 is 0 Å². The van der Waals surface area contributed by atoms with Gasteiger partial charge in [0, 0.05) is 6.54 Å². The highest BCUT2D eigenvalue weighted by molar-refractivity contribution is 5.78. The maximum absolute atomic E-state index is 12.1. The van der Waals surface area contributed by atoms with Crippen molar-refractivity contribution < 1.29 is 27.4 Å². The van der Waals surface area contributed by atoms with Crippen molar-refractivity contribution in [3.8, 4) is 11.5 Å². The van der Waals surface area contributed by atoms with Gasteiger partial charge in [-0.05, 0) is 35.4 Å². The average molecular weight is 353 g/mol. The minimum atomic E-state index is -4.37. The lowest BCUT2D eigenvalue weighted by atomic mass is 10.1. The summed E-state index contributed by atoms with van der Waals surface area (Å²) >= 11 is 0. The molecule has 0 aliphatic rings. The first-order valence-corrected chi connectivity index (χ1v) is 7.54. The van der Waals surface area contributed by atoms with E-state index in [0.717, 1.165) is 11.1 Å². The predicted molar refractivity (Wildman–Crippen MR) is 86.5 cm³/mol. The molecule has 1 amide bonds. The van der Waals surface area contributed by atoms with Gasteiger partial charge < -0.3 is 14.8 Å². The zero-order chi connectivity index (χ0) is 18.3. The van der Waals surface area contributed by atoms with Gasteiger partial charge in [0.15, 0.2) is 6.61 Å². The minimum Gasteiger partial charge on any atom is -0.497 e. The number of methoxy groups -OCH3 is 1. The van der Waals surface area contributed by atoms with Crippen LogP contribution in [0, 0.1) is 0 Å². The Morgan fingerprint density at radius 1 is 1.04 bits per heavy atom. The smallest absolute Gasteiger partial charge is 0.422 e. The van der Waals surface area contributed by atoms with Crippen LogP contribution in [0.1, 0.15) is 11.1 Å². The summed E-state index contributed by atoms with van der Waals surface area (Å²) in [6.45, 7) is -1.05. The van der Waals surface area contributed by atoms with Crippen LogP contribution in [-0.4, -0.2) is 25.8 Å². The molecule has 0 unspecified atom stereocenters. The van der Waals surface area contributed by atoms with Crippen LogP contribution in [0.4, 0.5) is 13.2 Å². The first-order valence-electron chi connectivity index (χ1n) is 7.54. The molecule has 0 bridgehead atoms. The van der Waals surface area contributed by atoms with Crippen LogP contribution in [0.5, 0.6) is 11.5 Å². The second-order valence-electron chi connectivity index (χ2n) is 5.35. The van der Waals surface area contributed by atoms with Crippen molar-refractivity contribution in [2.24, 2.45) is 0 Å². The van der Waals surface area contributed by atoms with Crippen molar-refractivity contribution in [3.05, 3.63) is 59.7 Å². The van der Waals surface area contributed by atoms with Gasteiger partial charge in [0.05, 0.1) is 13.5 Å². The number of carbonyl (C=O) groups excluding carboxylic acids is 1.